The summed E-state index contributed by atoms with van der Waals surface area (Å²) in [5.41, 5.74) is 0.797. The summed E-state index contributed by atoms with van der Waals surface area (Å²) in [5.74, 6) is -0.0370. The number of rotatable bonds is 4. The Hall–Kier alpha value is -0.910. The van der Waals surface area contributed by atoms with E-state index in [-0.39, 0.29) is 5.91 Å². The Bertz CT molecular complexity index is 380. The van der Waals surface area contributed by atoms with Gasteiger partial charge < -0.3 is 15.4 Å². The second-order valence-electron chi connectivity index (χ2n) is 3.67. The summed E-state index contributed by atoms with van der Waals surface area (Å²) in [6.45, 7) is 1.72. The first-order chi connectivity index (χ1) is 7.74. The summed E-state index contributed by atoms with van der Waals surface area (Å²) in [6.07, 6.45) is 0. The van der Waals surface area contributed by atoms with Gasteiger partial charge in [-0.3, -0.25) is 4.79 Å². The van der Waals surface area contributed by atoms with Crippen molar-refractivity contribution >= 4 is 27.5 Å². The molecule has 86 valence electrons. The van der Waals surface area contributed by atoms with E-state index in [9.17, 15) is 4.79 Å². The molecule has 1 saturated heterocycles. The van der Waals surface area contributed by atoms with Crippen LogP contribution in [0.4, 0.5) is 5.69 Å². The molecular formula is C11H13BrN2O2. The molecule has 0 bridgehead atoms. The van der Waals surface area contributed by atoms with E-state index < -0.39 is 0 Å². The van der Waals surface area contributed by atoms with E-state index in [1.807, 2.05) is 24.3 Å². The minimum atomic E-state index is -0.0370. The Kier molecular flexibility index (Phi) is 3.93. The van der Waals surface area contributed by atoms with Crippen molar-refractivity contribution in [3.05, 3.63) is 28.7 Å². The largest absolute Gasteiger partial charge is 0.378 e. The van der Waals surface area contributed by atoms with Crippen LogP contribution in [-0.2, 0) is 9.53 Å². The van der Waals surface area contributed by atoms with E-state index in [2.05, 4.69) is 26.6 Å². The molecule has 1 aromatic rings. The Morgan fingerprint density at radius 1 is 1.50 bits per heavy atom. The van der Waals surface area contributed by atoms with E-state index >= 15 is 0 Å². The topological polar surface area (TPSA) is 50.4 Å². The lowest BCUT2D eigenvalue weighted by Crippen LogP contribution is -2.48. The van der Waals surface area contributed by atoms with Gasteiger partial charge in [-0.1, -0.05) is 22.0 Å². The van der Waals surface area contributed by atoms with Crippen LogP contribution in [0.5, 0.6) is 0 Å². The third-order valence-electron chi connectivity index (χ3n) is 2.30. The highest BCUT2D eigenvalue weighted by Crippen LogP contribution is 2.15. The quantitative estimate of drug-likeness (QED) is 0.878. The normalized spacial score (nSPS) is 15.6. The predicted molar refractivity (Wildman–Crippen MR) is 65.4 cm³/mol. The zero-order chi connectivity index (χ0) is 11.4. The zero-order valence-corrected chi connectivity index (χ0v) is 10.3. The second kappa shape index (κ2) is 5.43. The molecule has 4 nitrogen and oxygen atoms in total. The molecule has 2 N–H and O–H groups in total. The van der Waals surface area contributed by atoms with Gasteiger partial charge in [0.1, 0.15) is 0 Å². The number of benzene rings is 1. The molecule has 1 aromatic carbocycles. The molecule has 16 heavy (non-hydrogen) atoms. The molecule has 2 rings (SSSR count). The second-order valence-corrected chi connectivity index (χ2v) is 4.59. The summed E-state index contributed by atoms with van der Waals surface area (Å²) in [4.78, 5) is 11.5. The Morgan fingerprint density at radius 2 is 2.31 bits per heavy atom. The van der Waals surface area contributed by atoms with Crippen LogP contribution in [0.2, 0.25) is 0 Å². The molecular weight excluding hydrogens is 272 g/mol. The van der Waals surface area contributed by atoms with Gasteiger partial charge >= 0.3 is 0 Å². The first-order valence-electron chi connectivity index (χ1n) is 5.10. The summed E-state index contributed by atoms with van der Waals surface area (Å²) >= 11 is 3.35. The molecule has 1 fully saturated rings. The highest BCUT2D eigenvalue weighted by Gasteiger charge is 2.18. The van der Waals surface area contributed by atoms with Gasteiger partial charge in [0.15, 0.2) is 0 Å². The molecule has 0 radical (unpaired) electrons. The third-order valence-corrected chi connectivity index (χ3v) is 2.79. The molecule has 1 amide bonds. The monoisotopic (exact) mass is 284 g/mol. The number of carbonyl (C=O) groups excluding carboxylic acids is 1. The van der Waals surface area contributed by atoms with Gasteiger partial charge in [-0.25, -0.2) is 0 Å². The number of ether oxygens (including phenoxy) is 1. The van der Waals surface area contributed by atoms with Crippen LogP contribution in [-0.4, -0.2) is 31.7 Å². The number of anilines is 1. The highest BCUT2D eigenvalue weighted by molar-refractivity contribution is 9.10. The van der Waals surface area contributed by atoms with E-state index in [0.29, 0.717) is 25.8 Å². The fraction of sp³-hybridized carbons (Fsp3) is 0.364. The predicted octanol–water partition coefficient (Wildman–Crippen LogP) is 1.38. The van der Waals surface area contributed by atoms with Crippen LogP contribution >= 0.6 is 15.9 Å². The van der Waals surface area contributed by atoms with Crippen molar-refractivity contribution in [2.24, 2.45) is 0 Å². The summed E-state index contributed by atoms with van der Waals surface area (Å²) < 4.78 is 5.95. The molecule has 5 heteroatoms. The highest BCUT2D eigenvalue weighted by atomic mass is 79.9. The van der Waals surface area contributed by atoms with Crippen LogP contribution in [0.3, 0.4) is 0 Å². The van der Waals surface area contributed by atoms with Gasteiger partial charge in [-0.2, -0.15) is 0 Å². The number of hydrogen-bond acceptors (Lipinski definition) is 3. The number of carbonyl (C=O) groups is 1. The van der Waals surface area contributed by atoms with Crippen LogP contribution in [0.15, 0.2) is 28.7 Å². The average molecular weight is 285 g/mol. The number of nitrogens with one attached hydrogen (secondary N) is 2. The molecule has 0 atom stereocenters. The molecule has 0 spiro atoms. The van der Waals surface area contributed by atoms with E-state index in [1.165, 1.54) is 0 Å². The molecule has 0 aromatic heterocycles. The van der Waals surface area contributed by atoms with Crippen LogP contribution in [0.1, 0.15) is 0 Å². The fourth-order valence-corrected chi connectivity index (χ4v) is 1.76. The van der Waals surface area contributed by atoms with Gasteiger partial charge in [-0.05, 0) is 18.2 Å². The first kappa shape index (κ1) is 11.6. The lowest BCUT2D eigenvalue weighted by Gasteiger charge is -2.26. The summed E-state index contributed by atoms with van der Waals surface area (Å²) in [5, 5.41) is 5.92. The standard InChI is InChI=1S/C11H13BrN2O2/c12-8-2-1-3-9(4-8)14-11(15)5-13-10-6-16-7-10/h1-4,10,13H,5-7H2,(H,14,15). The fourth-order valence-electron chi connectivity index (χ4n) is 1.36. The molecule has 0 aliphatic carbocycles. The molecule has 1 heterocycles. The minimum Gasteiger partial charge on any atom is -0.378 e. The van der Waals surface area contributed by atoms with Gasteiger partial charge in [0, 0.05) is 10.2 Å². The Labute approximate surface area is 102 Å². The maximum Gasteiger partial charge on any atom is 0.238 e. The van der Waals surface area contributed by atoms with E-state index in [1.54, 1.807) is 0 Å². The van der Waals surface area contributed by atoms with Crippen molar-refractivity contribution in [2.45, 2.75) is 6.04 Å². The van der Waals surface area contributed by atoms with Crippen LogP contribution < -0.4 is 10.6 Å². The van der Waals surface area contributed by atoms with E-state index in [0.717, 1.165) is 10.2 Å². The maximum atomic E-state index is 11.5. The number of amides is 1. The molecule has 0 unspecified atom stereocenters. The number of halogens is 1. The molecule has 1 aliphatic heterocycles. The average Bonchev–Trinajstić information content (AvgIpc) is 2.15. The van der Waals surface area contributed by atoms with Gasteiger partial charge in [0.05, 0.1) is 25.8 Å². The zero-order valence-electron chi connectivity index (χ0n) is 8.70. The SMILES string of the molecule is O=C(CNC1COC1)Nc1cccc(Br)c1. The van der Waals surface area contributed by atoms with Crippen LogP contribution in [0, 0.1) is 0 Å². The van der Waals surface area contributed by atoms with Crippen molar-refractivity contribution < 1.29 is 9.53 Å². The van der Waals surface area contributed by atoms with Crippen molar-refractivity contribution in [1.29, 1.82) is 0 Å². The van der Waals surface area contributed by atoms with Gasteiger partial charge in [-0.15, -0.1) is 0 Å². The van der Waals surface area contributed by atoms with Crippen molar-refractivity contribution in [3.8, 4) is 0 Å². The Morgan fingerprint density at radius 3 is 2.94 bits per heavy atom. The maximum absolute atomic E-state index is 11.5. The summed E-state index contributed by atoms with van der Waals surface area (Å²) in [6, 6.07) is 7.85. The van der Waals surface area contributed by atoms with Crippen molar-refractivity contribution in [1.82, 2.24) is 5.32 Å². The van der Waals surface area contributed by atoms with Gasteiger partial charge in [0.25, 0.3) is 0 Å². The van der Waals surface area contributed by atoms with Crippen molar-refractivity contribution in [2.75, 3.05) is 25.1 Å². The lowest BCUT2D eigenvalue weighted by atomic mass is 10.2. The van der Waals surface area contributed by atoms with Gasteiger partial charge in [0.2, 0.25) is 5.91 Å². The molecule has 1 aliphatic rings. The third kappa shape index (κ3) is 3.30. The molecule has 0 saturated carbocycles. The summed E-state index contributed by atoms with van der Waals surface area (Å²) in [7, 11) is 0. The first-order valence-corrected chi connectivity index (χ1v) is 5.90. The minimum absolute atomic E-state index is 0.0370. The van der Waals surface area contributed by atoms with E-state index in [4.69, 9.17) is 4.74 Å². The Balaban J connectivity index is 1.77. The van der Waals surface area contributed by atoms with Crippen molar-refractivity contribution in [3.63, 3.8) is 0 Å². The number of hydrogen-bond donors (Lipinski definition) is 2. The lowest BCUT2D eigenvalue weighted by molar-refractivity contribution is -0.116. The smallest absolute Gasteiger partial charge is 0.238 e. The van der Waals surface area contributed by atoms with Crippen LogP contribution in [0.25, 0.3) is 0 Å².